The third-order valence-corrected chi connectivity index (χ3v) is 25.7. The summed E-state index contributed by atoms with van der Waals surface area (Å²) in [6.45, 7) is 11.2. The van der Waals surface area contributed by atoms with E-state index in [2.05, 4.69) is 72.5 Å². The number of fused-ring (bicyclic) bond motifs is 2. The third kappa shape index (κ3) is 17.9. The van der Waals surface area contributed by atoms with Gasteiger partial charge in [0.25, 0.3) is 30.1 Å². The number of piperidine rings is 1. The molecule has 0 bridgehead atoms. The van der Waals surface area contributed by atoms with E-state index in [0.29, 0.717) is 71.4 Å². The summed E-state index contributed by atoms with van der Waals surface area (Å²) in [7, 11) is -11.2. The zero-order valence-corrected chi connectivity index (χ0v) is 63.8. The highest BCUT2D eigenvalue weighted by atomic mass is 35.5. The number of anilines is 7. The largest absolute Gasteiger partial charge is 0.385 e. The lowest BCUT2D eigenvalue weighted by Crippen LogP contribution is -2.55. The first-order valence-corrected chi connectivity index (χ1v) is 41.6. The van der Waals surface area contributed by atoms with E-state index in [1.807, 2.05) is 130 Å². The van der Waals surface area contributed by atoms with Gasteiger partial charge in [-0.2, -0.15) is 0 Å². The summed E-state index contributed by atoms with van der Waals surface area (Å²) in [6, 6.07) is 46.5. The van der Waals surface area contributed by atoms with Crippen LogP contribution in [0.4, 0.5) is 38.3 Å². The van der Waals surface area contributed by atoms with Gasteiger partial charge in [0.1, 0.15) is 24.7 Å². The van der Waals surface area contributed by atoms with Gasteiger partial charge < -0.3 is 39.2 Å². The first kappa shape index (κ1) is 74.7. The summed E-state index contributed by atoms with van der Waals surface area (Å²) < 4.78 is 86.8. The number of amides is 2. The quantitative estimate of drug-likeness (QED) is 0.0474. The molecule has 3 aliphatic rings. The summed E-state index contributed by atoms with van der Waals surface area (Å²) >= 11 is 16.3. The van der Waals surface area contributed by atoms with Gasteiger partial charge in [-0.1, -0.05) is 71.7 Å². The van der Waals surface area contributed by atoms with Gasteiger partial charge in [0.15, 0.2) is 15.4 Å². The number of piperazine rings is 2. The predicted molar refractivity (Wildman–Crippen MR) is 434 cm³/mol. The molecular formula is C73H88Cl2N16O9S6. The number of aromatic nitrogens is 7. The Bertz CT molecular complexity index is 5390. The highest BCUT2D eigenvalue weighted by molar-refractivity contribution is 7.93. The molecule has 25 nitrogen and oxygen atoms in total. The first-order chi connectivity index (χ1) is 51.0. The molecule has 2 amide bonds. The van der Waals surface area contributed by atoms with E-state index in [0.717, 1.165) is 82.4 Å². The van der Waals surface area contributed by atoms with E-state index < -0.39 is 35.7 Å². The molecule has 0 radical (unpaired) electrons. The van der Waals surface area contributed by atoms with Crippen LogP contribution in [-0.4, -0.2) is 156 Å². The number of nitrogens with one attached hydrogen (secondary N) is 4. The summed E-state index contributed by atoms with van der Waals surface area (Å²) in [4.78, 5) is 57.6. The van der Waals surface area contributed by atoms with Gasteiger partial charge >= 0.3 is 0 Å². The number of aliphatic hydroxyl groups is 1. The van der Waals surface area contributed by atoms with Crippen molar-refractivity contribution < 1.29 is 49.9 Å². The Morgan fingerprint density at radius 2 is 1.22 bits per heavy atom. The Labute approximate surface area is 646 Å². The van der Waals surface area contributed by atoms with Crippen LogP contribution in [0.25, 0.3) is 21.8 Å². The van der Waals surface area contributed by atoms with E-state index in [4.69, 9.17) is 28.2 Å². The molecule has 0 unspecified atom stereocenters. The molecule has 33 heteroatoms. The van der Waals surface area contributed by atoms with Crippen molar-refractivity contribution in [2.24, 2.45) is 0 Å². The number of nitrogens with zero attached hydrogens (tertiary/aromatic N) is 12. The highest BCUT2D eigenvalue weighted by Gasteiger charge is 2.37. The van der Waals surface area contributed by atoms with E-state index in [9.17, 15) is 39.9 Å². The van der Waals surface area contributed by atoms with Gasteiger partial charge in [-0.25, -0.2) is 50.2 Å². The minimum Gasteiger partial charge on any atom is -0.385 e. The molecule has 3 saturated heterocycles. The average Bonchev–Trinajstić information content (AvgIpc) is 1.73. The zero-order valence-electron chi connectivity index (χ0n) is 57.3. The SMILES string of the molecule is C[C@@H]1CN(c2ccc(S(=O)(=O)Nc3nccs3)cc2)CCN1C(=O)[C@H](C)n1ccc2ccccc21.O=C(Cn1ccc2ccc(Cl)cc21)N1CCC(O)(c2ccc(S(=O)(=O)Nc3nccs3)cc2)CC1.O=S(=O)(Nc1ccncn1)c1ccc(N2CCN(Cc3csc(Nc4ccccc4Cl)n3)CC2)cc1.[HH].[HH].[HH].[HH].[HH].[HH].[HH]. The van der Waals surface area contributed by atoms with Gasteiger partial charge in [-0.05, 0) is 152 Å². The number of hydrogen-bond donors (Lipinski definition) is 5. The van der Waals surface area contributed by atoms with Gasteiger partial charge in [-0.3, -0.25) is 28.7 Å². The van der Waals surface area contributed by atoms with Crippen molar-refractivity contribution in [1.29, 1.82) is 0 Å². The van der Waals surface area contributed by atoms with Crippen molar-refractivity contribution in [3.8, 4) is 0 Å². The van der Waals surface area contributed by atoms with Crippen LogP contribution in [-0.2, 0) is 58.3 Å². The molecule has 3 aliphatic heterocycles. The van der Waals surface area contributed by atoms with Gasteiger partial charge in [0, 0.05) is 156 Å². The summed E-state index contributed by atoms with van der Waals surface area (Å²) in [5.74, 6) is 0.310. The second kappa shape index (κ2) is 32.7. The standard InChI is InChI=1S/C25H27N5O3S2.C24H24ClN7O2S2.C24H23ClN4O4S2.7H2/c1-18-17-28(21-7-9-22(10-8-21)35(32,33)27-25-26-12-16-34-25)14-15-29(18)24(31)19(2)30-13-11-20-5-3-4-6-23(20)30;25-21-3-1-2-4-22(21)29-24-28-18(16-35-24)15-31-11-13-32(14-12-31)19-5-7-20(8-6-19)36(33,34)30-23-9-10-26-17-27-23;25-19-4-1-17-7-11-29(21(17)15-19)16-22(30)28-12-8-24(31,9-13-28)18-2-5-20(6-3-18)35(32,33)27-23-26-10-14-34-23;;;;;;;/h3-13,16,18-19H,14-15,17H2,1-2H3,(H,26,27);1-10,16-17H,11-15H2,(H,28,29)(H,26,27,30);1-7,10-11,14-15,31H,8-9,12-13,16H2,(H,26,27);7*1H/t18-,19+;;;;;;;;;/m1........./s1. The molecule has 6 aromatic carbocycles. The number of carbonyl (C=O) groups is 2. The van der Waals surface area contributed by atoms with Crippen molar-refractivity contribution in [2.75, 3.05) is 88.2 Å². The van der Waals surface area contributed by atoms with Crippen LogP contribution in [0, 0.1) is 0 Å². The van der Waals surface area contributed by atoms with Crippen LogP contribution in [0.15, 0.2) is 226 Å². The molecule has 9 heterocycles. The number of thiazole rings is 3. The Hall–Kier alpha value is -9.54. The van der Waals surface area contributed by atoms with Crippen molar-refractivity contribution in [3.63, 3.8) is 0 Å². The lowest BCUT2D eigenvalue weighted by molar-refractivity contribution is -0.137. The number of carbonyl (C=O) groups excluding carboxylic acids is 2. The molecule has 15 rings (SSSR count). The van der Waals surface area contributed by atoms with Crippen LogP contribution in [0.1, 0.15) is 54.0 Å². The fourth-order valence-corrected chi connectivity index (χ4v) is 18.5. The fraction of sp³-hybridized carbons (Fsp3) is 0.247. The lowest BCUT2D eigenvalue weighted by atomic mass is 9.84. The van der Waals surface area contributed by atoms with Crippen LogP contribution in [0.3, 0.4) is 0 Å². The van der Waals surface area contributed by atoms with Crippen LogP contribution < -0.4 is 29.3 Å². The molecule has 3 fully saturated rings. The lowest BCUT2D eigenvalue weighted by Gasteiger charge is -2.42. The topological polar surface area (TPSA) is 295 Å². The van der Waals surface area contributed by atoms with Gasteiger partial charge in [0.2, 0.25) is 11.8 Å². The normalized spacial score (nSPS) is 16.0. The highest BCUT2D eigenvalue weighted by Crippen LogP contribution is 2.36. The maximum absolute atomic E-state index is 13.4. The van der Waals surface area contributed by atoms with E-state index in [1.165, 1.54) is 59.6 Å². The third-order valence-electron chi connectivity index (χ3n) is 18.6. The van der Waals surface area contributed by atoms with Crippen molar-refractivity contribution in [1.82, 2.24) is 48.8 Å². The molecule has 106 heavy (non-hydrogen) atoms. The zero-order chi connectivity index (χ0) is 74.2. The Morgan fingerprint density at radius 1 is 0.623 bits per heavy atom. The molecule has 5 N–H and O–H groups in total. The van der Waals surface area contributed by atoms with Crippen molar-refractivity contribution in [3.05, 3.63) is 232 Å². The maximum atomic E-state index is 13.4. The number of benzene rings is 6. The molecule has 564 valence electrons. The number of halogens is 2. The molecule has 0 saturated carbocycles. The number of rotatable bonds is 20. The average molecular weight is 1600 g/mol. The molecule has 6 aromatic heterocycles. The maximum Gasteiger partial charge on any atom is 0.263 e. The monoisotopic (exact) mass is 1590 g/mol. The molecule has 12 aromatic rings. The minimum absolute atomic E-state index is 0. The molecule has 0 spiro atoms. The van der Waals surface area contributed by atoms with Crippen molar-refractivity contribution in [2.45, 2.75) is 72.1 Å². The van der Waals surface area contributed by atoms with Gasteiger partial charge in [0.05, 0.1) is 36.7 Å². The smallest absolute Gasteiger partial charge is 0.263 e. The molecule has 2 atom stereocenters. The summed E-state index contributed by atoms with van der Waals surface area (Å²) in [5, 5.41) is 24.9. The Kier molecular flexibility index (Phi) is 23.0. The number of sulfonamides is 3. The van der Waals surface area contributed by atoms with E-state index in [1.54, 1.807) is 69.6 Å². The van der Waals surface area contributed by atoms with Crippen LogP contribution in [0.2, 0.25) is 10.0 Å². The number of likely N-dealkylation sites (tertiary alicyclic amines) is 1. The summed E-state index contributed by atoms with van der Waals surface area (Å²) in [5.41, 5.74) is 5.25. The summed E-state index contributed by atoms with van der Waals surface area (Å²) in [6.07, 6.45) is 10.4. The van der Waals surface area contributed by atoms with Crippen molar-refractivity contribution >= 4 is 159 Å². The Balaban J connectivity index is 0.000000256. The van der Waals surface area contributed by atoms with Crippen LogP contribution in [0.5, 0.6) is 0 Å². The fourth-order valence-electron chi connectivity index (χ4n) is 12.8. The van der Waals surface area contributed by atoms with Gasteiger partial charge in [-0.15, -0.1) is 34.0 Å². The van der Waals surface area contributed by atoms with E-state index in [-0.39, 0.29) is 60.9 Å². The molecule has 0 aliphatic carbocycles. The van der Waals surface area contributed by atoms with Crippen LogP contribution >= 0.6 is 57.2 Å². The second-order valence-corrected chi connectivity index (χ2v) is 34.0. The minimum atomic E-state index is -3.76. The van der Waals surface area contributed by atoms with E-state index >= 15 is 0 Å². The molecular weight excluding hydrogens is 1510 g/mol. The number of para-hydroxylation sites is 2. The first-order valence-electron chi connectivity index (χ1n) is 33.8. The predicted octanol–water partition coefficient (Wildman–Crippen LogP) is 14.4. The number of hydrogen-bond acceptors (Lipinski definition) is 21. The second-order valence-electron chi connectivity index (χ2n) is 25.5. The Morgan fingerprint density at radius 3 is 1.84 bits per heavy atom.